The first kappa shape index (κ1) is 20.0. The summed E-state index contributed by atoms with van der Waals surface area (Å²) in [6, 6.07) is 14.5. The Balaban J connectivity index is 2.12. The lowest BCUT2D eigenvalue weighted by Crippen LogP contribution is -2.35. The van der Waals surface area contributed by atoms with Gasteiger partial charge in [-0.15, -0.1) is 0 Å². The zero-order valence-electron chi connectivity index (χ0n) is 14.1. The zero-order chi connectivity index (χ0) is 19.9. The van der Waals surface area contributed by atoms with Crippen LogP contribution in [0.25, 0.3) is 0 Å². The third-order valence-electron chi connectivity index (χ3n) is 3.60. The van der Waals surface area contributed by atoms with Gasteiger partial charge in [0.1, 0.15) is 0 Å². The second kappa shape index (κ2) is 8.85. The molecule has 0 unspecified atom stereocenters. The molecule has 0 N–H and O–H groups in total. The minimum Gasteiger partial charge on any atom is -0.452 e. The average Bonchev–Trinajstić information content (AvgIpc) is 2.66. The van der Waals surface area contributed by atoms with E-state index < -0.39 is 35.8 Å². The van der Waals surface area contributed by atoms with Crippen molar-refractivity contribution in [2.24, 2.45) is 0 Å². The molecule has 0 spiro atoms. The highest BCUT2D eigenvalue weighted by atomic mass is 19.4. The number of esters is 1. The number of para-hydroxylation sites is 1. The van der Waals surface area contributed by atoms with E-state index in [-0.39, 0.29) is 13.0 Å². The number of benzene rings is 2. The summed E-state index contributed by atoms with van der Waals surface area (Å²) in [5, 5.41) is 8.74. The molecule has 0 saturated carbocycles. The molecule has 0 bridgehead atoms. The Bertz CT molecular complexity index is 845. The molecule has 0 aromatic heterocycles. The molecule has 0 radical (unpaired) electrons. The van der Waals surface area contributed by atoms with E-state index in [9.17, 15) is 22.8 Å². The zero-order valence-corrected chi connectivity index (χ0v) is 14.1. The van der Waals surface area contributed by atoms with Crippen LogP contribution in [-0.2, 0) is 15.7 Å². The number of hydrogen-bond acceptors (Lipinski definition) is 4. The predicted octanol–water partition coefficient (Wildman–Crippen LogP) is 3.81. The van der Waals surface area contributed by atoms with Gasteiger partial charge in [0.2, 0.25) is 0 Å². The van der Waals surface area contributed by atoms with Crippen LogP contribution in [0.15, 0.2) is 54.6 Å². The van der Waals surface area contributed by atoms with Gasteiger partial charge >= 0.3 is 12.1 Å². The smallest absolute Gasteiger partial charge is 0.417 e. The summed E-state index contributed by atoms with van der Waals surface area (Å²) in [4.78, 5) is 25.7. The topological polar surface area (TPSA) is 70.4 Å². The Morgan fingerprint density at radius 3 is 2.30 bits per heavy atom. The fourth-order valence-electron chi connectivity index (χ4n) is 2.36. The first-order chi connectivity index (χ1) is 12.8. The lowest BCUT2D eigenvalue weighted by Gasteiger charge is -2.21. The lowest BCUT2D eigenvalue weighted by atomic mass is 10.1. The minimum absolute atomic E-state index is 0.0471. The lowest BCUT2D eigenvalue weighted by molar-refractivity contribution is -0.138. The SMILES string of the molecule is N#CCCN(C(=O)COC(=O)c1ccccc1C(F)(F)F)c1ccccc1. The summed E-state index contributed by atoms with van der Waals surface area (Å²) in [6.45, 7) is -0.679. The van der Waals surface area contributed by atoms with Gasteiger partial charge in [0.15, 0.2) is 6.61 Å². The van der Waals surface area contributed by atoms with Crippen LogP contribution in [0.5, 0.6) is 0 Å². The van der Waals surface area contributed by atoms with Crippen LogP contribution in [-0.4, -0.2) is 25.0 Å². The molecule has 2 aromatic rings. The van der Waals surface area contributed by atoms with Crippen LogP contribution < -0.4 is 4.90 Å². The number of nitriles is 1. The van der Waals surface area contributed by atoms with E-state index >= 15 is 0 Å². The van der Waals surface area contributed by atoms with Crippen molar-refractivity contribution in [2.45, 2.75) is 12.6 Å². The molecule has 140 valence electrons. The summed E-state index contributed by atoms with van der Waals surface area (Å²) < 4.78 is 43.7. The predicted molar refractivity (Wildman–Crippen MR) is 90.8 cm³/mol. The van der Waals surface area contributed by atoms with E-state index in [0.717, 1.165) is 18.2 Å². The van der Waals surface area contributed by atoms with Crippen molar-refractivity contribution in [1.82, 2.24) is 0 Å². The van der Waals surface area contributed by atoms with Gasteiger partial charge in [0.05, 0.1) is 23.6 Å². The maximum absolute atomic E-state index is 13.0. The van der Waals surface area contributed by atoms with Crippen molar-refractivity contribution in [3.63, 3.8) is 0 Å². The van der Waals surface area contributed by atoms with E-state index in [1.807, 2.05) is 6.07 Å². The van der Waals surface area contributed by atoms with Crippen LogP contribution in [0.3, 0.4) is 0 Å². The summed E-state index contributed by atoms with van der Waals surface area (Å²) in [7, 11) is 0. The van der Waals surface area contributed by atoms with Gasteiger partial charge in [-0.3, -0.25) is 4.79 Å². The number of halogens is 3. The Labute approximate surface area is 153 Å². The van der Waals surface area contributed by atoms with E-state index in [1.54, 1.807) is 30.3 Å². The number of ether oxygens (including phenoxy) is 1. The molecule has 0 saturated heterocycles. The molecule has 2 aromatic carbocycles. The Hall–Kier alpha value is -3.34. The number of alkyl halides is 3. The molecule has 0 atom stereocenters. The van der Waals surface area contributed by atoms with Crippen LogP contribution in [0.2, 0.25) is 0 Å². The van der Waals surface area contributed by atoms with Gasteiger partial charge in [0.25, 0.3) is 5.91 Å². The molecule has 27 heavy (non-hydrogen) atoms. The number of rotatable bonds is 6. The quantitative estimate of drug-likeness (QED) is 0.719. The van der Waals surface area contributed by atoms with Crippen molar-refractivity contribution in [2.75, 3.05) is 18.1 Å². The van der Waals surface area contributed by atoms with Gasteiger partial charge in [-0.05, 0) is 24.3 Å². The van der Waals surface area contributed by atoms with Crippen molar-refractivity contribution < 1.29 is 27.5 Å². The summed E-state index contributed by atoms with van der Waals surface area (Å²) in [5.74, 6) is -1.89. The van der Waals surface area contributed by atoms with Crippen molar-refractivity contribution >= 4 is 17.6 Å². The summed E-state index contributed by atoms with van der Waals surface area (Å²) in [5.41, 5.74) is -1.31. The van der Waals surface area contributed by atoms with E-state index in [0.29, 0.717) is 5.69 Å². The molecule has 8 heteroatoms. The molecule has 0 aliphatic carbocycles. The number of carbonyl (C=O) groups is 2. The fourth-order valence-corrected chi connectivity index (χ4v) is 2.36. The molecule has 0 fully saturated rings. The maximum Gasteiger partial charge on any atom is 0.417 e. The minimum atomic E-state index is -4.72. The standard InChI is InChI=1S/C19H15F3N2O3/c20-19(21,22)16-10-5-4-9-15(16)18(26)27-13-17(25)24(12-6-11-23)14-7-2-1-3-8-14/h1-5,7-10H,6,12-13H2. The van der Waals surface area contributed by atoms with E-state index in [4.69, 9.17) is 10.00 Å². The second-order valence-electron chi connectivity index (χ2n) is 5.41. The number of nitrogens with zero attached hydrogens (tertiary/aromatic N) is 2. The van der Waals surface area contributed by atoms with Crippen molar-refractivity contribution in [3.05, 3.63) is 65.7 Å². The number of anilines is 1. The average molecular weight is 376 g/mol. The molecule has 0 aliphatic heterocycles. The first-order valence-corrected chi connectivity index (χ1v) is 7.90. The normalized spacial score (nSPS) is 10.7. The molecule has 0 heterocycles. The van der Waals surface area contributed by atoms with Crippen LogP contribution in [0.1, 0.15) is 22.3 Å². The Kier molecular flexibility index (Phi) is 6.55. The molecular weight excluding hydrogens is 361 g/mol. The van der Waals surface area contributed by atoms with Gasteiger partial charge in [0, 0.05) is 12.2 Å². The molecule has 0 aliphatic rings. The number of amides is 1. The van der Waals surface area contributed by atoms with Gasteiger partial charge in [-0.25, -0.2) is 4.79 Å². The van der Waals surface area contributed by atoms with Gasteiger partial charge in [-0.2, -0.15) is 18.4 Å². The molecule has 1 amide bonds. The Morgan fingerprint density at radius 2 is 1.67 bits per heavy atom. The second-order valence-corrected chi connectivity index (χ2v) is 5.41. The van der Waals surface area contributed by atoms with E-state index in [1.165, 1.54) is 11.0 Å². The third kappa shape index (κ3) is 5.31. The van der Waals surface area contributed by atoms with Gasteiger partial charge < -0.3 is 9.64 Å². The highest BCUT2D eigenvalue weighted by Gasteiger charge is 2.35. The largest absolute Gasteiger partial charge is 0.452 e. The molecule has 2 rings (SSSR count). The highest BCUT2D eigenvalue weighted by Crippen LogP contribution is 2.32. The number of hydrogen-bond donors (Lipinski definition) is 0. The van der Waals surface area contributed by atoms with Crippen LogP contribution >= 0.6 is 0 Å². The van der Waals surface area contributed by atoms with Crippen molar-refractivity contribution in [1.29, 1.82) is 5.26 Å². The molecular formula is C19H15F3N2O3. The summed E-state index contributed by atoms with van der Waals surface area (Å²) in [6.07, 6.45) is -4.67. The number of carbonyl (C=O) groups excluding carboxylic acids is 2. The van der Waals surface area contributed by atoms with Crippen molar-refractivity contribution in [3.8, 4) is 6.07 Å². The first-order valence-electron chi connectivity index (χ1n) is 7.90. The van der Waals surface area contributed by atoms with E-state index in [2.05, 4.69) is 0 Å². The fraction of sp³-hybridized carbons (Fsp3) is 0.211. The molecule has 5 nitrogen and oxygen atoms in total. The highest BCUT2D eigenvalue weighted by molar-refractivity contribution is 5.97. The van der Waals surface area contributed by atoms with Gasteiger partial charge in [-0.1, -0.05) is 30.3 Å². The Morgan fingerprint density at radius 1 is 1.04 bits per heavy atom. The summed E-state index contributed by atoms with van der Waals surface area (Å²) >= 11 is 0. The maximum atomic E-state index is 13.0. The third-order valence-corrected chi connectivity index (χ3v) is 3.60. The van der Waals surface area contributed by atoms with Crippen LogP contribution in [0.4, 0.5) is 18.9 Å². The van der Waals surface area contributed by atoms with Crippen LogP contribution in [0, 0.1) is 11.3 Å². The monoisotopic (exact) mass is 376 g/mol.